The van der Waals surface area contributed by atoms with Crippen molar-refractivity contribution in [2.75, 3.05) is 51.2 Å². The molecule has 1 aliphatic carbocycles. The number of fused-ring (bicyclic) bond motifs is 3. The molecule has 0 atom stereocenters. The molecule has 4 aliphatic rings. The Kier molecular flexibility index (Phi) is 4.97. The van der Waals surface area contributed by atoms with Gasteiger partial charge in [-0.15, -0.1) is 0 Å². The number of ether oxygens (including phenoxy) is 1. The van der Waals surface area contributed by atoms with Crippen molar-refractivity contribution in [3.8, 4) is 22.6 Å². The molecule has 7 rings (SSSR count). The van der Waals surface area contributed by atoms with Crippen LogP contribution in [0.3, 0.4) is 0 Å². The fourth-order valence-corrected chi connectivity index (χ4v) is 6.86. The van der Waals surface area contributed by atoms with Gasteiger partial charge in [-0.05, 0) is 66.6 Å². The molecule has 35 heavy (non-hydrogen) atoms. The third kappa shape index (κ3) is 3.83. The minimum absolute atomic E-state index is 0.528. The number of likely N-dealkylation sites (N-methyl/N-ethyl adjacent to an activating group) is 1. The summed E-state index contributed by atoms with van der Waals surface area (Å²) in [7, 11) is 2.20. The molecule has 2 saturated heterocycles. The Balaban J connectivity index is 1.06. The number of nitrogens with zero attached hydrogens (tertiary/aromatic N) is 5. The van der Waals surface area contributed by atoms with Crippen molar-refractivity contribution in [2.24, 2.45) is 11.3 Å². The van der Waals surface area contributed by atoms with Crippen molar-refractivity contribution >= 4 is 5.69 Å². The molecule has 6 heteroatoms. The molecule has 6 nitrogen and oxygen atoms in total. The summed E-state index contributed by atoms with van der Waals surface area (Å²) in [5, 5.41) is 0. The lowest BCUT2D eigenvalue weighted by atomic mass is 9.58. The van der Waals surface area contributed by atoms with Crippen LogP contribution in [0.25, 0.3) is 16.8 Å². The molecule has 0 unspecified atom stereocenters. The highest BCUT2D eigenvalue weighted by Crippen LogP contribution is 2.51. The van der Waals surface area contributed by atoms with Crippen LogP contribution in [0.5, 0.6) is 5.75 Å². The van der Waals surface area contributed by atoms with Crippen LogP contribution in [0.15, 0.2) is 48.7 Å². The maximum absolute atomic E-state index is 6.16. The monoisotopic (exact) mass is 469 g/mol. The first-order valence-electron chi connectivity index (χ1n) is 13.1. The minimum atomic E-state index is 0.528. The highest BCUT2D eigenvalue weighted by atomic mass is 16.5. The van der Waals surface area contributed by atoms with Gasteiger partial charge in [0.2, 0.25) is 0 Å². The second-order valence-electron chi connectivity index (χ2n) is 11.5. The lowest BCUT2D eigenvalue weighted by molar-refractivity contribution is -0.0936. The number of benzene rings is 2. The molecule has 0 amide bonds. The first-order valence-corrected chi connectivity index (χ1v) is 13.1. The molecule has 3 fully saturated rings. The number of rotatable bonds is 4. The van der Waals surface area contributed by atoms with E-state index in [9.17, 15) is 0 Å². The highest BCUT2D eigenvalue weighted by Gasteiger charge is 2.50. The minimum Gasteiger partial charge on any atom is -0.483 e. The zero-order valence-electron chi connectivity index (χ0n) is 20.9. The van der Waals surface area contributed by atoms with Crippen molar-refractivity contribution in [3.63, 3.8) is 0 Å². The van der Waals surface area contributed by atoms with Crippen LogP contribution >= 0.6 is 0 Å². The first kappa shape index (κ1) is 21.5. The summed E-state index contributed by atoms with van der Waals surface area (Å²) < 4.78 is 8.39. The summed E-state index contributed by atoms with van der Waals surface area (Å²) in [6.45, 7) is 10.8. The predicted molar refractivity (Wildman–Crippen MR) is 139 cm³/mol. The zero-order valence-corrected chi connectivity index (χ0v) is 20.9. The van der Waals surface area contributed by atoms with Gasteiger partial charge in [0.05, 0.1) is 11.4 Å². The third-order valence-corrected chi connectivity index (χ3v) is 8.54. The molecule has 1 aromatic heterocycles. The van der Waals surface area contributed by atoms with Crippen LogP contribution in [-0.2, 0) is 13.2 Å². The van der Waals surface area contributed by atoms with E-state index in [1.165, 1.54) is 42.7 Å². The van der Waals surface area contributed by atoms with Gasteiger partial charge in [0, 0.05) is 57.7 Å². The Morgan fingerprint density at radius 2 is 1.71 bits per heavy atom. The quantitative estimate of drug-likeness (QED) is 0.566. The van der Waals surface area contributed by atoms with Gasteiger partial charge in [0.1, 0.15) is 12.4 Å². The maximum atomic E-state index is 6.16. The van der Waals surface area contributed by atoms with Crippen molar-refractivity contribution in [3.05, 3.63) is 60.2 Å². The fourth-order valence-electron chi connectivity index (χ4n) is 6.86. The van der Waals surface area contributed by atoms with Gasteiger partial charge < -0.3 is 14.5 Å². The molecule has 3 aromatic rings. The number of anilines is 1. The molecular weight excluding hydrogens is 434 g/mol. The summed E-state index contributed by atoms with van der Waals surface area (Å²) >= 11 is 0. The Morgan fingerprint density at radius 1 is 0.971 bits per heavy atom. The Labute approximate surface area is 208 Å². The van der Waals surface area contributed by atoms with Gasteiger partial charge in [-0.25, -0.2) is 4.98 Å². The topological polar surface area (TPSA) is 36.8 Å². The largest absolute Gasteiger partial charge is 0.483 e. The second kappa shape index (κ2) is 8.10. The molecule has 1 spiro atoms. The number of piperazine rings is 1. The summed E-state index contributed by atoms with van der Waals surface area (Å²) in [6, 6.07) is 15.6. The van der Waals surface area contributed by atoms with Gasteiger partial charge in [-0.2, -0.15) is 0 Å². The average Bonchev–Trinajstić information content (AvgIpc) is 3.25. The van der Waals surface area contributed by atoms with E-state index in [-0.39, 0.29) is 0 Å². The van der Waals surface area contributed by atoms with Crippen molar-refractivity contribution in [1.29, 1.82) is 0 Å². The van der Waals surface area contributed by atoms with E-state index in [1.807, 2.05) is 0 Å². The van der Waals surface area contributed by atoms with E-state index in [0.29, 0.717) is 12.0 Å². The number of aromatic nitrogens is 2. The van der Waals surface area contributed by atoms with Gasteiger partial charge in [0.15, 0.2) is 5.82 Å². The number of hydrogen-bond acceptors (Lipinski definition) is 5. The van der Waals surface area contributed by atoms with E-state index in [4.69, 9.17) is 9.72 Å². The van der Waals surface area contributed by atoms with E-state index in [0.717, 1.165) is 61.6 Å². The summed E-state index contributed by atoms with van der Waals surface area (Å²) in [5.41, 5.74) is 6.61. The molecule has 4 heterocycles. The van der Waals surface area contributed by atoms with Crippen LogP contribution in [0.1, 0.15) is 31.3 Å². The first-order chi connectivity index (χ1) is 17.0. The lowest BCUT2D eigenvalue weighted by Gasteiger charge is -2.58. The zero-order chi connectivity index (χ0) is 23.6. The number of imidazole rings is 1. The molecule has 182 valence electrons. The van der Waals surface area contributed by atoms with E-state index in [2.05, 4.69) is 81.9 Å². The molecule has 2 aromatic carbocycles. The van der Waals surface area contributed by atoms with E-state index >= 15 is 0 Å². The van der Waals surface area contributed by atoms with Gasteiger partial charge >= 0.3 is 0 Å². The molecule has 3 aliphatic heterocycles. The number of likely N-dealkylation sites (tertiary alicyclic amines) is 1. The second-order valence-corrected chi connectivity index (χ2v) is 11.5. The van der Waals surface area contributed by atoms with E-state index in [1.54, 1.807) is 0 Å². The summed E-state index contributed by atoms with van der Waals surface area (Å²) in [5.74, 6) is 2.86. The molecule has 0 radical (unpaired) electrons. The van der Waals surface area contributed by atoms with Gasteiger partial charge in [-0.3, -0.25) is 9.47 Å². The Bertz CT molecular complexity index is 1230. The SMILES string of the molecule is CC1CC2(C1)CN(Cc1cn3c(n1)COc1cc(-c4ccc(N5CCN(C)CC5)cc4)ccc1-3)C2. The van der Waals surface area contributed by atoms with Crippen LogP contribution in [0.2, 0.25) is 0 Å². The maximum Gasteiger partial charge on any atom is 0.151 e. The average molecular weight is 470 g/mol. The predicted octanol–water partition coefficient (Wildman–Crippen LogP) is 4.42. The van der Waals surface area contributed by atoms with Crippen molar-refractivity contribution in [1.82, 2.24) is 19.4 Å². The molecule has 0 bridgehead atoms. The van der Waals surface area contributed by atoms with Crippen LogP contribution < -0.4 is 9.64 Å². The van der Waals surface area contributed by atoms with Crippen molar-refractivity contribution in [2.45, 2.75) is 32.9 Å². The number of hydrogen-bond donors (Lipinski definition) is 0. The third-order valence-electron chi connectivity index (χ3n) is 8.54. The van der Waals surface area contributed by atoms with Crippen LogP contribution in [0, 0.1) is 11.3 Å². The summed E-state index contributed by atoms with van der Waals surface area (Å²) in [4.78, 5) is 12.3. The molecular formula is C29H35N5O. The smallest absolute Gasteiger partial charge is 0.151 e. The van der Waals surface area contributed by atoms with Crippen LogP contribution in [0.4, 0.5) is 5.69 Å². The van der Waals surface area contributed by atoms with Crippen molar-refractivity contribution < 1.29 is 4.74 Å². The lowest BCUT2D eigenvalue weighted by Crippen LogP contribution is -2.61. The summed E-state index contributed by atoms with van der Waals surface area (Å²) in [6.07, 6.45) is 5.03. The van der Waals surface area contributed by atoms with Gasteiger partial charge in [-0.1, -0.05) is 25.1 Å². The fraction of sp³-hybridized carbons (Fsp3) is 0.483. The highest BCUT2D eigenvalue weighted by molar-refractivity contribution is 5.70. The Morgan fingerprint density at radius 3 is 2.46 bits per heavy atom. The molecule has 0 N–H and O–H groups in total. The normalized spacial score (nSPS) is 21.7. The van der Waals surface area contributed by atoms with Crippen LogP contribution in [-0.4, -0.2) is 65.7 Å². The molecule has 1 saturated carbocycles. The van der Waals surface area contributed by atoms with E-state index < -0.39 is 0 Å². The van der Waals surface area contributed by atoms with Gasteiger partial charge in [0.25, 0.3) is 0 Å². The standard InChI is InChI=1S/C29H35N5O/c1-21-14-29(15-21)19-32(20-29)16-24-17-34-26-8-5-23(13-27(26)35-18-28(34)30-24)22-3-6-25(7-4-22)33-11-9-31(2)10-12-33/h3-8,13,17,21H,9-12,14-16,18-20H2,1-2H3. The Hall–Kier alpha value is -2.83.